The quantitative estimate of drug-likeness (QED) is 0.617. The van der Waals surface area contributed by atoms with E-state index in [2.05, 4.69) is 20.4 Å². The summed E-state index contributed by atoms with van der Waals surface area (Å²) >= 11 is 1.33. The third kappa shape index (κ3) is 4.11. The fourth-order valence-electron chi connectivity index (χ4n) is 3.27. The number of amides is 1. The number of aryl methyl sites for hydroxylation is 2. The number of carbonyl (C=O) groups excluding carboxylic acids is 1. The van der Waals surface area contributed by atoms with Crippen LogP contribution in [0.1, 0.15) is 35.8 Å². The van der Waals surface area contributed by atoms with E-state index in [1.165, 1.54) is 11.8 Å². The Morgan fingerprint density at radius 2 is 2.04 bits per heavy atom. The fraction of sp³-hybridized carbons (Fsp3) is 0.400. The van der Waals surface area contributed by atoms with Crippen LogP contribution < -0.4 is 10.1 Å². The second-order valence-electron chi connectivity index (χ2n) is 7.09. The highest BCUT2D eigenvalue weighted by Crippen LogP contribution is 2.41. The third-order valence-electron chi connectivity index (χ3n) is 4.82. The van der Waals surface area contributed by atoms with E-state index in [0.717, 1.165) is 35.5 Å². The summed E-state index contributed by atoms with van der Waals surface area (Å²) in [6.45, 7) is 3.89. The molecule has 0 bridgehead atoms. The second-order valence-corrected chi connectivity index (χ2v) is 8.03. The molecule has 28 heavy (non-hydrogen) atoms. The molecule has 0 radical (unpaired) electrons. The van der Waals surface area contributed by atoms with Gasteiger partial charge in [0.05, 0.1) is 18.9 Å². The summed E-state index contributed by atoms with van der Waals surface area (Å²) < 4.78 is 6.93. The number of hydrogen-bond acceptors (Lipinski definition) is 6. The highest BCUT2D eigenvalue weighted by Gasteiger charge is 2.33. The lowest BCUT2D eigenvalue weighted by molar-refractivity contribution is -0.119. The Labute approximate surface area is 167 Å². The highest BCUT2D eigenvalue weighted by molar-refractivity contribution is 7.99. The van der Waals surface area contributed by atoms with E-state index in [4.69, 9.17) is 4.74 Å². The van der Waals surface area contributed by atoms with Crippen molar-refractivity contribution < 1.29 is 9.53 Å². The Balaban J connectivity index is 1.40. The Kier molecular flexibility index (Phi) is 5.21. The number of fused-ring (bicyclic) bond motifs is 1. The molecule has 2 heterocycles. The van der Waals surface area contributed by atoms with Crippen molar-refractivity contribution in [2.75, 3.05) is 12.9 Å². The van der Waals surface area contributed by atoms with Crippen LogP contribution in [0.5, 0.6) is 5.75 Å². The molecule has 3 aromatic rings. The van der Waals surface area contributed by atoms with Gasteiger partial charge in [-0.25, -0.2) is 9.50 Å². The molecule has 7 nitrogen and oxygen atoms in total. The van der Waals surface area contributed by atoms with Gasteiger partial charge in [-0.2, -0.15) is 4.98 Å². The molecule has 1 aliphatic carbocycles. The Hall–Kier alpha value is -2.61. The van der Waals surface area contributed by atoms with Crippen LogP contribution in [0.15, 0.2) is 35.5 Å². The first-order valence-corrected chi connectivity index (χ1v) is 10.3. The van der Waals surface area contributed by atoms with Crippen molar-refractivity contribution in [1.29, 1.82) is 0 Å². The van der Waals surface area contributed by atoms with Gasteiger partial charge in [-0.05, 0) is 56.4 Å². The fourth-order valence-corrected chi connectivity index (χ4v) is 3.90. The van der Waals surface area contributed by atoms with E-state index in [9.17, 15) is 4.79 Å². The van der Waals surface area contributed by atoms with Crippen molar-refractivity contribution in [3.63, 3.8) is 0 Å². The molecule has 1 unspecified atom stereocenters. The molecular weight excluding hydrogens is 374 g/mol. The maximum atomic E-state index is 12.6. The normalized spacial score (nSPS) is 14.8. The maximum Gasteiger partial charge on any atom is 0.253 e. The number of ether oxygens (including phenoxy) is 1. The maximum absolute atomic E-state index is 12.6. The summed E-state index contributed by atoms with van der Waals surface area (Å²) in [5.74, 6) is 2.14. The molecule has 4 rings (SSSR count). The average molecular weight is 398 g/mol. The minimum atomic E-state index is -0.0163. The zero-order valence-corrected chi connectivity index (χ0v) is 17.0. The van der Waals surface area contributed by atoms with E-state index in [1.807, 2.05) is 44.2 Å². The number of hydrogen-bond donors (Lipinski definition) is 1. The van der Waals surface area contributed by atoms with Crippen molar-refractivity contribution in [2.45, 2.75) is 37.9 Å². The molecule has 0 aliphatic heterocycles. The first-order valence-electron chi connectivity index (χ1n) is 9.30. The van der Waals surface area contributed by atoms with Gasteiger partial charge in [0.25, 0.3) is 5.78 Å². The number of nitrogens with zero attached hydrogens (tertiary/aromatic N) is 4. The lowest BCUT2D eigenvalue weighted by atomic mass is 10.0. The summed E-state index contributed by atoms with van der Waals surface area (Å²) in [7, 11) is 1.65. The molecule has 1 aromatic carbocycles. The van der Waals surface area contributed by atoms with Gasteiger partial charge >= 0.3 is 0 Å². The number of methoxy groups -OCH3 is 1. The van der Waals surface area contributed by atoms with Gasteiger partial charge in [0.15, 0.2) is 0 Å². The highest BCUT2D eigenvalue weighted by atomic mass is 32.2. The monoisotopic (exact) mass is 397 g/mol. The van der Waals surface area contributed by atoms with Gasteiger partial charge in [0.1, 0.15) is 5.75 Å². The van der Waals surface area contributed by atoms with Gasteiger partial charge in [-0.1, -0.05) is 23.9 Å². The molecule has 1 amide bonds. The predicted molar refractivity (Wildman–Crippen MR) is 108 cm³/mol. The molecule has 8 heteroatoms. The van der Waals surface area contributed by atoms with Crippen LogP contribution in [-0.2, 0) is 4.79 Å². The summed E-state index contributed by atoms with van der Waals surface area (Å²) in [5, 5.41) is 8.18. The van der Waals surface area contributed by atoms with Gasteiger partial charge in [0, 0.05) is 11.4 Å². The van der Waals surface area contributed by atoms with Crippen molar-refractivity contribution in [1.82, 2.24) is 24.9 Å². The number of thioether (sulfide) groups is 1. The summed E-state index contributed by atoms with van der Waals surface area (Å²) in [4.78, 5) is 21.4. The average Bonchev–Trinajstić information content (AvgIpc) is 3.44. The van der Waals surface area contributed by atoms with Crippen molar-refractivity contribution >= 4 is 23.4 Å². The molecular formula is C20H23N5O2S. The lowest BCUT2D eigenvalue weighted by Crippen LogP contribution is -2.31. The van der Waals surface area contributed by atoms with Crippen LogP contribution in [0.2, 0.25) is 0 Å². The Morgan fingerprint density at radius 3 is 2.71 bits per heavy atom. The number of carbonyl (C=O) groups is 1. The summed E-state index contributed by atoms with van der Waals surface area (Å²) in [6.07, 6.45) is 2.28. The van der Waals surface area contributed by atoms with Crippen LogP contribution in [-0.4, -0.2) is 38.4 Å². The minimum Gasteiger partial charge on any atom is -0.497 e. The van der Waals surface area contributed by atoms with Crippen LogP contribution >= 0.6 is 11.8 Å². The van der Waals surface area contributed by atoms with Crippen molar-refractivity contribution in [3.8, 4) is 5.75 Å². The Bertz CT molecular complexity index is 998. The molecule has 1 atom stereocenters. The Morgan fingerprint density at radius 1 is 1.29 bits per heavy atom. The van der Waals surface area contributed by atoms with Gasteiger partial charge in [-0.15, -0.1) is 5.10 Å². The predicted octanol–water partition coefficient (Wildman–Crippen LogP) is 3.11. The second kappa shape index (κ2) is 7.79. The van der Waals surface area contributed by atoms with E-state index >= 15 is 0 Å². The number of aromatic nitrogens is 4. The minimum absolute atomic E-state index is 0.0163. The molecule has 0 saturated heterocycles. The molecule has 146 valence electrons. The largest absolute Gasteiger partial charge is 0.497 e. The third-order valence-corrected chi connectivity index (χ3v) is 5.65. The standard InChI is InChI=1S/C20H23N5O2S/c1-12-10-13(2)25-19(21-12)23-20(24-25)28-11-17(26)22-18(14-4-5-14)15-6-8-16(27-3)9-7-15/h6-10,14,18H,4-5,11H2,1-3H3,(H,22,26). The molecule has 2 aromatic heterocycles. The van der Waals surface area contributed by atoms with Gasteiger partial charge < -0.3 is 10.1 Å². The van der Waals surface area contributed by atoms with Gasteiger partial charge in [0.2, 0.25) is 11.1 Å². The van der Waals surface area contributed by atoms with Crippen molar-refractivity contribution in [3.05, 3.63) is 47.3 Å². The van der Waals surface area contributed by atoms with Gasteiger partial charge in [-0.3, -0.25) is 4.79 Å². The van der Waals surface area contributed by atoms with Crippen LogP contribution in [0.25, 0.3) is 5.78 Å². The molecule has 1 fully saturated rings. The first kappa shape index (κ1) is 18.7. The molecule has 0 spiro atoms. The SMILES string of the molecule is COc1ccc(C(NC(=O)CSc2nc3nc(C)cc(C)n3n2)C2CC2)cc1. The van der Waals surface area contributed by atoms with E-state index in [1.54, 1.807) is 11.6 Å². The molecule has 1 aliphatic rings. The van der Waals surface area contributed by atoms with Crippen LogP contribution in [0.3, 0.4) is 0 Å². The topological polar surface area (TPSA) is 81.4 Å². The van der Waals surface area contributed by atoms with Crippen LogP contribution in [0.4, 0.5) is 0 Å². The smallest absolute Gasteiger partial charge is 0.253 e. The van der Waals surface area contributed by atoms with Crippen molar-refractivity contribution in [2.24, 2.45) is 5.92 Å². The lowest BCUT2D eigenvalue weighted by Gasteiger charge is -2.19. The zero-order chi connectivity index (χ0) is 19.7. The van der Waals surface area contributed by atoms with E-state index in [0.29, 0.717) is 16.9 Å². The van der Waals surface area contributed by atoms with Crippen LogP contribution in [0, 0.1) is 19.8 Å². The summed E-state index contributed by atoms with van der Waals surface area (Å²) in [6, 6.07) is 9.91. The number of rotatable bonds is 7. The van der Waals surface area contributed by atoms with E-state index < -0.39 is 0 Å². The number of benzene rings is 1. The van der Waals surface area contributed by atoms with E-state index in [-0.39, 0.29) is 17.7 Å². The number of nitrogens with one attached hydrogen (secondary N) is 1. The first-order chi connectivity index (χ1) is 13.5. The summed E-state index contributed by atoms with van der Waals surface area (Å²) in [5.41, 5.74) is 2.99. The molecule has 1 N–H and O–H groups in total. The molecule has 1 saturated carbocycles. The zero-order valence-electron chi connectivity index (χ0n) is 16.2.